The minimum absolute atomic E-state index is 0. The van der Waals surface area contributed by atoms with E-state index in [1.165, 1.54) is 53.1 Å². The van der Waals surface area contributed by atoms with Gasteiger partial charge in [-0.15, -0.1) is 12.4 Å². The number of hydrogen-bond acceptors (Lipinski definition) is 5. The normalized spacial score (nSPS) is 14.8. The molecule has 1 saturated carbocycles. The Morgan fingerprint density at radius 1 is 1.08 bits per heavy atom. The molecule has 0 unspecified atom stereocenters. The van der Waals surface area contributed by atoms with Crippen LogP contribution in [0.2, 0.25) is 0 Å². The number of benzene rings is 1. The van der Waals surface area contributed by atoms with E-state index >= 15 is 0 Å². The van der Waals surface area contributed by atoms with Crippen molar-refractivity contribution < 1.29 is 24.1 Å². The lowest BCUT2D eigenvalue weighted by Crippen LogP contribution is -2.36. The van der Waals surface area contributed by atoms with Crippen molar-refractivity contribution in [3.8, 4) is 17.2 Å². The molecule has 0 saturated heterocycles. The molecule has 1 aromatic rings. The van der Waals surface area contributed by atoms with Crippen LogP contribution in [-0.2, 0) is 0 Å². The molecule has 2 rings (SSSR count). The quantitative estimate of drug-likeness (QED) is 0.700. The number of anilines is 1. The van der Waals surface area contributed by atoms with E-state index in [9.17, 15) is 9.90 Å². The first-order valence-corrected chi connectivity index (χ1v) is 8.91. The lowest BCUT2D eigenvalue weighted by Gasteiger charge is -2.35. The highest BCUT2D eigenvalue weighted by molar-refractivity contribution is 5.98. The van der Waals surface area contributed by atoms with Gasteiger partial charge in [0.05, 0.1) is 32.6 Å². The lowest BCUT2D eigenvalue weighted by atomic mass is 10.0. The number of carboxylic acid groups (broad SMARTS) is 1. The second-order valence-corrected chi connectivity index (χ2v) is 6.28. The van der Waals surface area contributed by atoms with Crippen molar-refractivity contribution in [2.24, 2.45) is 0 Å². The van der Waals surface area contributed by atoms with Crippen molar-refractivity contribution >= 4 is 24.1 Å². The molecule has 1 aromatic carbocycles. The zero-order valence-electron chi connectivity index (χ0n) is 16.0. The van der Waals surface area contributed by atoms with Crippen LogP contribution in [0.15, 0.2) is 6.07 Å². The number of hydrogen-bond donors (Lipinski definition) is 1. The molecule has 1 aliphatic carbocycles. The number of halogens is 1. The van der Waals surface area contributed by atoms with Gasteiger partial charge in [0.1, 0.15) is 0 Å². The van der Waals surface area contributed by atoms with E-state index in [0.717, 1.165) is 12.8 Å². The molecule has 0 amide bonds. The van der Waals surface area contributed by atoms with Gasteiger partial charge < -0.3 is 24.2 Å². The topological polar surface area (TPSA) is 68.2 Å². The predicted molar refractivity (Wildman–Crippen MR) is 105 cm³/mol. The van der Waals surface area contributed by atoms with Crippen LogP contribution >= 0.6 is 12.4 Å². The molecule has 0 aromatic heterocycles. The molecule has 6 nitrogen and oxygen atoms in total. The highest BCUT2D eigenvalue weighted by atomic mass is 35.5. The maximum Gasteiger partial charge on any atom is 0.338 e. The number of aromatic carboxylic acids is 1. The monoisotopic (exact) mass is 387 g/mol. The third-order valence-electron chi connectivity index (χ3n) is 4.93. The van der Waals surface area contributed by atoms with E-state index in [0.29, 0.717) is 35.5 Å². The average Bonchev–Trinajstić information content (AvgIpc) is 2.90. The summed E-state index contributed by atoms with van der Waals surface area (Å²) in [7, 11) is 4.56. The second kappa shape index (κ2) is 10.4. The van der Waals surface area contributed by atoms with Gasteiger partial charge in [-0.2, -0.15) is 0 Å². The third-order valence-corrected chi connectivity index (χ3v) is 4.93. The van der Waals surface area contributed by atoms with Gasteiger partial charge >= 0.3 is 5.97 Å². The summed E-state index contributed by atoms with van der Waals surface area (Å²) in [6.45, 7) is 2.75. The molecule has 1 fully saturated rings. The van der Waals surface area contributed by atoms with E-state index in [1.807, 2.05) is 6.92 Å². The van der Waals surface area contributed by atoms with E-state index in [2.05, 4.69) is 4.90 Å². The van der Waals surface area contributed by atoms with Crippen molar-refractivity contribution in [2.75, 3.05) is 32.8 Å². The molecular weight excluding hydrogens is 358 g/mol. The van der Waals surface area contributed by atoms with Gasteiger partial charge in [-0.3, -0.25) is 0 Å². The smallest absolute Gasteiger partial charge is 0.338 e. The number of rotatable bonds is 7. The minimum Gasteiger partial charge on any atom is -0.493 e. The number of methoxy groups -OCH3 is 3. The first kappa shape index (κ1) is 22.2. The fourth-order valence-corrected chi connectivity index (χ4v) is 3.76. The maximum absolute atomic E-state index is 12.0. The molecule has 0 heterocycles. The molecule has 1 N–H and O–H groups in total. The average molecular weight is 388 g/mol. The van der Waals surface area contributed by atoms with Crippen molar-refractivity contribution in [3.63, 3.8) is 0 Å². The zero-order valence-corrected chi connectivity index (χ0v) is 16.9. The van der Waals surface area contributed by atoms with Gasteiger partial charge in [0.15, 0.2) is 11.5 Å². The van der Waals surface area contributed by atoms with E-state index in [4.69, 9.17) is 14.2 Å². The minimum atomic E-state index is -0.999. The van der Waals surface area contributed by atoms with Gasteiger partial charge in [-0.05, 0) is 19.8 Å². The first-order chi connectivity index (χ1) is 12.1. The lowest BCUT2D eigenvalue weighted by molar-refractivity contribution is 0.0696. The standard InChI is InChI=1S/C19H29NO5.ClH/c1-5-20(13-10-8-6-7-9-11-13)16-14(19(21)22)12-15(23-2)17(24-3)18(16)25-4;/h12-13H,5-11H2,1-4H3,(H,21,22);1H. The van der Waals surface area contributed by atoms with Crippen LogP contribution in [-0.4, -0.2) is 45.0 Å². The zero-order chi connectivity index (χ0) is 18.4. The molecule has 0 atom stereocenters. The van der Waals surface area contributed by atoms with Crippen LogP contribution in [0.5, 0.6) is 17.2 Å². The number of carbonyl (C=O) groups is 1. The maximum atomic E-state index is 12.0. The summed E-state index contributed by atoms with van der Waals surface area (Å²) in [6, 6.07) is 1.83. The van der Waals surface area contributed by atoms with Crippen LogP contribution in [0.1, 0.15) is 55.8 Å². The number of nitrogens with zero attached hydrogens (tertiary/aromatic N) is 1. The molecule has 7 heteroatoms. The van der Waals surface area contributed by atoms with Gasteiger partial charge in [-0.25, -0.2) is 4.79 Å². The van der Waals surface area contributed by atoms with Gasteiger partial charge in [-0.1, -0.05) is 25.7 Å². The summed E-state index contributed by atoms with van der Waals surface area (Å²) in [6.07, 6.45) is 6.93. The fourth-order valence-electron chi connectivity index (χ4n) is 3.76. The Bertz CT molecular complexity index is 600. The summed E-state index contributed by atoms with van der Waals surface area (Å²) >= 11 is 0. The van der Waals surface area contributed by atoms with Gasteiger partial charge in [0.25, 0.3) is 0 Å². The predicted octanol–water partition coefficient (Wildman–Crippen LogP) is 4.38. The van der Waals surface area contributed by atoms with E-state index < -0.39 is 5.97 Å². The highest BCUT2D eigenvalue weighted by Crippen LogP contribution is 2.48. The molecule has 0 bridgehead atoms. The summed E-state index contributed by atoms with van der Waals surface area (Å²) < 4.78 is 16.4. The summed E-state index contributed by atoms with van der Waals surface area (Å²) in [5.41, 5.74) is 0.766. The third kappa shape index (κ3) is 4.47. The van der Waals surface area contributed by atoms with Crippen molar-refractivity contribution in [1.82, 2.24) is 0 Å². The van der Waals surface area contributed by atoms with E-state index in [1.54, 1.807) is 0 Å². The first-order valence-electron chi connectivity index (χ1n) is 8.91. The molecular formula is C19H30ClNO5. The summed E-state index contributed by atoms with van der Waals surface area (Å²) in [4.78, 5) is 14.1. The van der Waals surface area contributed by atoms with Crippen LogP contribution in [0.3, 0.4) is 0 Å². The van der Waals surface area contributed by atoms with Crippen LogP contribution in [0.25, 0.3) is 0 Å². The van der Waals surface area contributed by atoms with Crippen LogP contribution < -0.4 is 19.1 Å². The molecule has 26 heavy (non-hydrogen) atoms. The molecule has 0 spiro atoms. The molecule has 0 radical (unpaired) electrons. The number of carboxylic acids is 1. The Kier molecular flexibility index (Phi) is 8.85. The molecule has 1 aliphatic rings. The molecule has 148 valence electrons. The Morgan fingerprint density at radius 2 is 1.65 bits per heavy atom. The molecule has 0 aliphatic heterocycles. The van der Waals surface area contributed by atoms with Gasteiger partial charge in [0, 0.05) is 18.7 Å². The largest absolute Gasteiger partial charge is 0.493 e. The Balaban J connectivity index is 0.00000338. The van der Waals surface area contributed by atoms with Crippen molar-refractivity contribution in [1.29, 1.82) is 0 Å². The summed E-state index contributed by atoms with van der Waals surface area (Å²) in [5, 5.41) is 9.79. The van der Waals surface area contributed by atoms with Gasteiger partial charge in [0.2, 0.25) is 5.75 Å². The van der Waals surface area contributed by atoms with Crippen LogP contribution in [0.4, 0.5) is 5.69 Å². The Morgan fingerprint density at radius 3 is 2.08 bits per heavy atom. The summed E-state index contributed by atoms with van der Waals surface area (Å²) in [5.74, 6) is 0.209. The van der Waals surface area contributed by atoms with E-state index in [-0.39, 0.29) is 18.0 Å². The van der Waals surface area contributed by atoms with Crippen LogP contribution in [0, 0.1) is 0 Å². The Hall–Kier alpha value is -1.82. The second-order valence-electron chi connectivity index (χ2n) is 6.28. The fraction of sp³-hybridized carbons (Fsp3) is 0.632. The van der Waals surface area contributed by atoms with Crippen molar-refractivity contribution in [2.45, 2.75) is 51.5 Å². The SMILES string of the molecule is CCN(c1c(C(=O)O)cc(OC)c(OC)c1OC)C1CCCCCC1.Cl. The number of ether oxygens (including phenoxy) is 3. The highest BCUT2D eigenvalue weighted by Gasteiger charge is 2.30. The van der Waals surface area contributed by atoms with Crippen molar-refractivity contribution in [3.05, 3.63) is 11.6 Å². The Labute approximate surface area is 161 Å².